The predicted octanol–water partition coefficient (Wildman–Crippen LogP) is 2.48. The zero-order valence-electron chi connectivity index (χ0n) is 12.7. The Bertz CT molecular complexity index is 338. The Labute approximate surface area is 110 Å². The second-order valence-corrected chi connectivity index (χ2v) is 6.21. The molecule has 0 aliphatic carbocycles. The molecule has 0 fully saturated rings. The standard InChI is InChI=1S/C14H26N2O2/c1-9(2)16(10(3)4)13(17)11(5)12-15-14(6,7)8-18-12/h9-11H,8H2,1-7H3. The van der Waals surface area contributed by atoms with Crippen molar-refractivity contribution in [1.29, 1.82) is 0 Å². The summed E-state index contributed by atoms with van der Waals surface area (Å²) in [5.41, 5.74) is -0.204. The summed E-state index contributed by atoms with van der Waals surface area (Å²) in [4.78, 5) is 18.9. The third kappa shape index (κ3) is 3.24. The van der Waals surface area contributed by atoms with Crippen LogP contribution in [0.1, 0.15) is 48.5 Å². The molecule has 104 valence electrons. The van der Waals surface area contributed by atoms with Gasteiger partial charge in [0.05, 0.1) is 5.54 Å². The van der Waals surface area contributed by atoms with Crippen LogP contribution in [0.15, 0.2) is 4.99 Å². The van der Waals surface area contributed by atoms with Gasteiger partial charge in [-0.05, 0) is 48.5 Å². The lowest BCUT2D eigenvalue weighted by molar-refractivity contribution is -0.136. The number of ether oxygens (including phenoxy) is 1. The maximum absolute atomic E-state index is 12.5. The van der Waals surface area contributed by atoms with Crippen LogP contribution in [0.25, 0.3) is 0 Å². The molecule has 1 unspecified atom stereocenters. The number of hydrogen-bond acceptors (Lipinski definition) is 3. The smallest absolute Gasteiger partial charge is 0.235 e. The van der Waals surface area contributed by atoms with Crippen molar-refractivity contribution in [2.45, 2.75) is 66.1 Å². The summed E-state index contributed by atoms with van der Waals surface area (Å²) in [5.74, 6) is 0.379. The fraction of sp³-hybridized carbons (Fsp3) is 0.857. The summed E-state index contributed by atoms with van der Waals surface area (Å²) in [6.45, 7) is 14.6. The molecule has 1 aliphatic heterocycles. The van der Waals surface area contributed by atoms with Crippen molar-refractivity contribution < 1.29 is 9.53 Å². The van der Waals surface area contributed by atoms with Gasteiger partial charge < -0.3 is 9.64 Å². The van der Waals surface area contributed by atoms with E-state index < -0.39 is 0 Å². The highest BCUT2D eigenvalue weighted by Crippen LogP contribution is 2.22. The van der Waals surface area contributed by atoms with E-state index in [1.54, 1.807) is 0 Å². The molecule has 4 nitrogen and oxygen atoms in total. The number of nitrogens with zero attached hydrogens (tertiary/aromatic N) is 2. The average Bonchev–Trinajstić information content (AvgIpc) is 2.56. The van der Waals surface area contributed by atoms with Gasteiger partial charge in [-0.1, -0.05) is 0 Å². The molecule has 0 spiro atoms. The number of carbonyl (C=O) groups is 1. The molecule has 1 heterocycles. The summed E-state index contributed by atoms with van der Waals surface area (Å²) >= 11 is 0. The van der Waals surface area contributed by atoms with Crippen LogP contribution in [0, 0.1) is 5.92 Å². The van der Waals surface area contributed by atoms with Crippen molar-refractivity contribution in [3.05, 3.63) is 0 Å². The van der Waals surface area contributed by atoms with E-state index in [-0.39, 0.29) is 29.4 Å². The molecular formula is C14H26N2O2. The van der Waals surface area contributed by atoms with Gasteiger partial charge in [0.1, 0.15) is 12.5 Å². The van der Waals surface area contributed by atoms with Gasteiger partial charge in [0, 0.05) is 12.1 Å². The minimum absolute atomic E-state index is 0.0939. The van der Waals surface area contributed by atoms with Crippen LogP contribution in [0.4, 0.5) is 0 Å². The molecule has 0 bridgehead atoms. The van der Waals surface area contributed by atoms with Gasteiger partial charge in [0.15, 0.2) is 5.90 Å². The molecule has 0 aromatic rings. The topological polar surface area (TPSA) is 41.9 Å². The lowest BCUT2D eigenvalue weighted by Crippen LogP contribution is -2.46. The molecule has 0 N–H and O–H groups in total. The van der Waals surface area contributed by atoms with Crippen molar-refractivity contribution >= 4 is 11.8 Å². The Hall–Kier alpha value is -1.06. The van der Waals surface area contributed by atoms with Crippen LogP contribution in [-0.4, -0.2) is 40.9 Å². The summed E-state index contributed by atoms with van der Waals surface area (Å²) in [5, 5.41) is 0. The van der Waals surface area contributed by atoms with E-state index in [9.17, 15) is 4.79 Å². The Morgan fingerprint density at radius 1 is 1.22 bits per heavy atom. The lowest BCUT2D eigenvalue weighted by Gasteiger charge is -2.32. The highest BCUT2D eigenvalue weighted by atomic mass is 16.5. The SMILES string of the molecule is CC(C(=O)N(C(C)C)C(C)C)C1=NC(C)(C)CO1. The second kappa shape index (κ2) is 5.29. The van der Waals surface area contributed by atoms with Crippen LogP contribution >= 0.6 is 0 Å². The van der Waals surface area contributed by atoms with Crippen molar-refractivity contribution in [3.8, 4) is 0 Å². The van der Waals surface area contributed by atoms with Crippen molar-refractivity contribution in [2.24, 2.45) is 10.9 Å². The third-order valence-corrected chi connectivity index (χ3v) is 3.09. The quantitative estimate of drug-likeness (QED) is 0.773. The number of rotatable bonds is 4. The first-order valence-corrected chi connectivity index (χ1v) is 6.70. The van der Waals surface area contributed by atoms with Gasteiger partial charge in [-0.15, -0.1) is 0 Å². The zero-order valence-corrected chi connectivity index (χ0v) is 12.7. The van der Waals surface area contributed by atoms with Crippen LogP contribution in [0.5, 0.6) is 0 Å². The highest BCUT2D eigenvalue weighted by molar-refractivity contribution is 6.00. The van der Waals surface area contributed by atoms with E-state index in [0.717, 1.165) is 0 Å². The van der Waals surface area contributed by atoms with E-state index in [4.69, 9.17) is 4.74 Å². The van der Waals surface area contributed by atoms with E-state index in [2.05, 4.69) is 4.99 Å². The summed E-state index contributed by atoms with van der Waals surface area (Å²) in [6.07, 6.45) is 0. The Morgan fingerprint density at radius 2 is 1.72 bits per heavy atom. The molecule has 0 aromatic carbocycles. The molecule has 4 heteroatoms. The van der Waals surface area contributed by atoms with Gasteiger partial charge in [-0.25, -0.2) is 4.99 Å². The largest absolute Gasteiger partial charge is 0.478 e. The molecule has 0 saturated carbocycles. The van der Waals surface area contributed by atoms with Gasteiger partial charge in [-0.2, -0.15) is 0 Å². The Balaban J connectivity index is 2.84. The van der Waals surface area contributed by atoms with Crippen LogP contribution in [0.2, 0.25) is 0 Å². The molecule has 1 rings (SSSR count). The molecule has 18 heavy (non-hydrogen) atoms. The molecule has 0 radical (unpaired) electrons. The fourth-order valence-electron chi connectivity index (χ4n) is 2.27. The number of amides is 1. The Kier molecular flexibility index (Phi) is 4.41. The zero-order chi connectivity index (χ0) is 14.1. The second-order valence-electron chi connectivity index (χ2n) is 6.21. The first kappa shape index (κ1) is 15.0. The van der Waals surface area contributed by atoms with Gasteiger partial charge in [0.25, 0.3) is 0 Å². The predicted molar refractivity (Wildman–Crippen MR) is 73.7 cm³/mol. The maximum Gasteiger partial charge on any atom is 0.235 e. The van der Waals surface area contributed by atoms with Gasteiger partial charge in [0.2, 0.25) is 5.91 Å². The normalized spacial score (nSPS) is 19.7. The Morgan fingerprint density at radius 3 is 2.06 bits per heavy atom. The number of carbonyl (C=O) groups excluding carboxylic acids is 1. The van der Waals surface area contributed by atoms with Crippen molar-refractivity contribution in [3.63, 3.8) is 0 Å². The van der Waals surface area contributed by atoms with Gasteiger partial charge >= 0.3 is 0 Å². The molecule has 1 atom stereocenters. The first-order chi connectivity index (χ1) is 8.15. The van der Waals surface area contributed by atoms with E-state index in [0.29, 0.717) is 12.5 Å². The van der Waals surface area contributed by atoms with E-state index in [1.807, 2.05) is 53.4 Å². The summed E-state index contributed by atoms with van der Waals surface area (Å²) in [6, 6.07) is 0.380. The number of aliphatic imine (C=N–C) groups is 1. The third-order valence-electron chi connectivity index (χ3n) is 3.09. The van der Waals surface area contributed by atoms with Gasteiger partial charge in [-0.3, -0.25) is 4.79 Å². The average molecular weight is 254 g/mol. The summed E-state index contributed by atoms with van der Waals surface area (Å²) < 4.78 is 5.56. The fourth-order valence-corrected chi connectivity index (χ4v) is 2.27. The first-order valence-electron chi connectivity index (χ1n) is 6.70. The highest BCUT2D eigenvalue weighted by Gasteiger charge is 2.35. The van der Waals surface area contributed by atoms with E-state index in [1.165, 1.54) is 0 Å². The molecular weight excluding hydrogens is 228 g/mol. The van der Waals surface area contributed by atoms with Crippen LogP contribution in [-0.2, 0) is 9.53 Å². The minimum Gasteiger partial charge on any atom is -0.478 e. The van der Waals surface area contributed by atoms with Crippen LogP contribution < -0.4 is 0 Å². The minimum atomic E-state index is -0.295. The van der Waals surface area contributed by atoms with Crippen molar-refractivity contribution in [1.82, 2.24) is 4.90 Å². The molecule has 0 saturated heterocycles. The van der Waals surface area contributed by atoms with Crippen LogP contribution in [0.3, 0.4) is 0 Å². The molecule has 0 aromatic heterocycles. The maximum atomic E-state index is 12.5. The number of hydrogen-bond donors (Lipinski definition) is 0. The molecule has 1 amide bonds. The van der Waals surface area contributed by atoms with Crippen molar-refractivity contribution in [2.75, 3.05) is 6.61 Å². The van der Waals surface area contributed by atoms with E-state index >= 15 is 0 Å². The monoisotopic (exact) mass is 254 g/mol. The summed E-state index contributed by atoms with van der Waals surface area (Å²) in [7, 11) is 0. The lowest BCUT2D eigenvalue weighted by atomic mass is 10.1. The molecule has 1 aliphatic rings.